The third kappa shape index (κ3) is 3.37. The zero-order valence-corrected chi connectivity index (χ0v) is 16.1. The van der Waals surface area contributed by atoms with Crippen LogP contribution in [0, 0.1) is 4.77 Å². The minimum atomic E-state index is 0.0606. The molecule has 7 heteroatoms. The molecule has 3 aromatic carbocycles. The molecular weight excluding hydrogens is 374 g/mol. The summed E-state index contributed by atoms with van der Waals surface area (Å²) in [7, 11) is 1.61. The third-order valence-corrected chi connectivity index (χ3v) is 4.72. The fourth-order valence-electron chi connectivity index (χ4n) is 3.14. The minimum absolute atomic E-state index is 0.0606. The van der Waals surface area contributed by atoms with E-state index < -0.39 is 0 Å². The van der Waals surface area contributed by atoms with Crippen molar-refractivity contribution >= 4 is 23.0 Å². The lowest BCUT2D eigenvalue weighted by Gasteiger charge is -2.12. The maximum absolute atomic E-state index is 10.6. The number of fused-ring (bicyclic) bond motifs is 1. The van der Waals surface area contributed by atoms with E-state index in [1.165, 1.54) is 0 Å². The molecule has 1 heterocycles. The fourth-order valence-corrected chi connectivity index (χ4v) is 3.37. The molecule has 1 aromatic heterocycles. The molecule has 0 aliphatic heterocycles. The Bertz CT molecular complexity index is 1180. The smallest absolute Gasteiger partial charge is 0.200 e. The number of phenols is 1. The van der Waals surface area contributed by atoms with E-state index >= 15 is 0 Å². The number of rotatable bonds is 6. The lowest BCUT2D eigenvalue weighted by atomic mass is 10.1. The average molecular weight is 393 g/mol. The second kappa shape index (κ2) is 7.84. The summed E-state index contributed by atoms with van der Waals surface area (Å²) in [6, 6.07) is 19.2. The highest BCUT2D eigenvalue weighted by molar-refractivity contribution is 7.71. The first kappa shape index (κ1) is 18.2. The van der Waals surface area contributed by atoms with E-state index in [1.54, 1.807) is 25.3 Å². The molecule has 0 aliphatic carbocycles. The zero-order valence-electron chi connectivity index (χ0n) is 15.3. The number of hydrogen-bond acceptors (Lipinski definition) is 5. The van der Waals surface area contributed by atoms with Crippen molar-refractivity contribution < 1.29 is 14.6 Å². The average Bonchev–Trinajstić information content (AvgIpc) is 3.09. The number of H-pyrrole nitrogens is 1. The number of nitrogens with one attached hydrogen (secondary N) is 1. The van der Waals surface area contributed by atoms with Crippen LogP contribution in [-0.2, 0) is 4.74 Å². The maximum Gasteiger partial charge on any atom is 0.200 e. The van der Waals surface area contributed by atoms with Crippen molar-refractivity contribution in [3.05, 3.63) is 65.4 Å². The molecule has 0 amide bonds. The molecule has 4 aromatic rings. The topological polar surface area (TPSA) is 72.3 Å². The number of benzene rings is 3. The summed E-state index contributed by atoms with van der Waals surface area (Å²) < 4.78 is 12.8. The van der Waals surface area contributed by atoms with Crippen molar-refractivity contribution in [2.45, 2.75) is 0 Å². The molecule has 0 atom stereocenters. The van der Waals surface area contributed by atoms with Gasteiger partial charge < -0.3 is 14.6 Å². The van der Waals surface area contributed by atoms with Gasteiger partial charge in [-0.25, -0.2) is 0 Å². The predicted molar refractivity (Wildman–Crippen MR) is 111 cm³/mol. The van der Waals surface area contributed by atoms with Gasteiger partial charge in [-0.15, -0.1) is 0 Å². The molecule has 6 nitrogen and oxygen atoms in total. The lowest BCUT2D eigenvalue weighted by Crippen LogP contribution is -2.04. The number of methoxy groups -OCH3 is 1. The summed E-state index contributed by atoms with van der Waals surface area (Å²) in [5.41, 5.74) is 1.45. The fraction of sp³-hybridized carbons (Fsp3) is 0.143. The normalized spacial score (nSPS) is 11.0. The van der Waals surface area contributed by atoms with E-state index in [0.29, 0.717) is 35.1 Å². The van der Waals surface area contributed by atoms with Gasteiger partial charge in [0.1, 0.15) is 18.1 Å². The first-order valence-electron chi connectivity index (χ1n) is 8.79. The second-order valence-electron chi connectivity index (χ2n) is 6.21. The molecule has 0 saturated heterocycles. The van der Waals surface area contributed by atoms with Crippen LogP contribution in [-0.4, -0.2) is 40.2 Å². The van der Waals surface area contributed by atoms with Crippen molar-refractivity contribution in [1.29, 1.82) is 0 Å². The Morgan fingerprint density at radius 1 is 1.07 bits per heavy atom. The summed E-state index contributed by atoms with van der Waals surface area (Å²) in [6.45, 7) is 0.881. The van der Waals surface area contributed by atoms with Gasteiger partial charge in [0, 0.05) is 18.6 Å². The number of aromatic amines is 1. The molecule has 0 aliphatic rings. The number of nitrogens with zero attached hydrogens (tertiary/aromatic N) is 2. The van der Waals surface area contributed by atoms with Gasteiger partial charge >= 0.3 is 0 Å². The van der Waals surface area contributed by atoms with Gasteiger partial charge in [-0.2, -0.15) is 5.10 Å². The predicted octanol–water partition coefficient (Wildman–Crippen LogP) is 4.48. The van der Waals surface area contributed by atoms with Gasteiger partial charge in [0.15, 0.2) is 10.6 Å². The summed E-state index contributed by atoms with van der Waals surface area (Å²) in [6.07, 6.45) is 0. The summed E-state index contributed by atoms with van der Waals surface area (Å²) >= 11 is 5.48. The van der Waals surface area contributed by atoms with E-state index in [1.807, 2.05) is 47.0 Å². The van der Waals surface area contributed by atoms with Crippen molar-refractivity contribution in [2.24, 2.45) is 0 Å². The van der Waals surface area contributed by atoms with Crippen LogP contribution in [0.25, 0.3) is 27.8 Å². The minimum Gasteiger partial charge on any atom is -0.507 e. The number of aromatic hydroxyl groups is 1. The van der Waals surface area contributed by atoms with Crippen LogP contribution >= 0.6 is 12.2 Å². The molecular formula is C21H19N3O3S. The van der Waals surface area contributed by atoms with Gasteiger partial charge in [0.05, 0.1) is 17.9 Å². The van der Waals surface area contributed by atoms with Crippen LogP contribution in [0.5, 0.6) is 11.5 Å². The molecule has 0 spiro atoms. The molecule has 0 unspecified atom stereocenters. The Morgan fingerprint density at radius 2 is 1.89 bits per heavy atom. The lowest BCUT2D eigenvalue weighted by molar-refractivity contribution is 0.146. The molecule has 28 heavy (non-hydrogen) atoms. The zero-order chi connectivity index (χ0) is 19.5. The van der Waals surface area contributed by atoms with Crippen molar-refractivity contribution in [2.75, 3.05) is 20.3 Å². The highest BCUT2D eigenvalue weighted by Gasteiger charge is 2.16. The largest absolute Gasteiger partial charge is 0.507 e. The molecule has 0 saturated carbocycles. The molecule has 0 fully saturated rings. The van der Waals surface area contributed by atoms with Crippen LogP contribution in [0.2, 0.25) is 0 Å². The highest BCUT2D eigenvalue weighted by Crippen LogP contribution is 2.34. The van der Waals surface area contributed by atoms with Crippen molar-refractivity contribution in [3.8, 4) is 28.6 Å². The molecule has 142 valence electrons. The third-order valence-electron chi connectivity index (χ3n) is 4.45. The summed E-state index contributed by atoms with van der Waals surface area (Å²) in [5.74, 6) is 1.15. The van der Waals surface area contributed by atoms with E-state index in [2.05, 4.69) is 10.2 Å². The van der Waals surface area contributed by atoms with Crippen LogP contribution in [0.15, 0.2) is 60.7 Å². The maximum atomic E-state index is 10.6. The van der Waals surface area contributed by atoms with Crippen molar-refractivity contribution in [3.63, 3.8) is 0 Å². The van der Waals surface area contributed by atoms with E-state index in [9.17, 15) is 5.11 Å². The van der Waals surface area contributed by atoms with Crippen LogP contribution in [0.4, 0.5) is 0 Å². The molecule has 2 N–H and O–H groups in total. The Balaban J connectivity index is 1.80. The summed E-state index contributed by atoms with van der Waals surface area (Å²) in [5, 5.41) is 19.9. The Kier molecular flexibility index (Phi) is 5.10. The van der Waals surface area contributed by atoms with Gasteiger partial charge in [-0.05, 0) is 35.8 Å². The van der Waals surface area contributed by atoms with Gasteiger partial charge in [0.2, 0.25) is 0 Å². The van der Waals surface area contributed by atoms with Crippen LogP contribution in [0.3, 0.4) is 0 Å². The first-order valence-corrected chi connectivity index (χ1v) is 9.20. The molecule has 0 radical (unpaired) electrons. The standard InChI is InChI=1S/C21H19N3O3S/c1-26-11-12-27-15-9-10-17(19(25)13-15)20-22-23-21(28)24(20)18-8-4-6-14-5-2-3-7-16(14)18/h2-10,13,25H,11-12H2,1H3,(H,23,28). The van der Waals surface area contributed by atoms with Crippen molar-refractivity contribution in [1.82, 2.24) is 14.8 Å². The van der Waals surface area contributed by atoms with Gasteiger partial charge in [0.25, 0.3) is 0 Å². The molecule has 4 rings (SSSR count). The van der Waals surface area contributed by atoms with Crippen LogP contribution < -0.4 is 4.74 Å². The van der Waals surface area contributed by atoms with Gasteiger partial charge in [-0.3, -0.25) is 9.67 Å². The Labute approximate surface area is 167 Å². The first-order chi connectivity index (χ1) is 13.7. The van der Waals surface area contributed by atoms with E-state index in [-0.39, 0.29) is 5.75 Å². The number of phenolic OH excluding ortho intramolecular Hbond substituents is 1. The Morgan fingerprint density at radius 3 is 2.71 bits per heavy atom. The quantitative estimate of drug-likeness (QED) is 0.373. The summed E-state index contributed by atoms with van der Waals surface area (Å²) in [4.78, 5) is 0. The monoisotopic (exact) mass is 393 g/mol. The Hall–Kier alpha value is -3.16. The number of hydrogen-bond donors (Lipinski definition) is 2. The molecule has 0 bridgehead atoms. The van der Waals surface area contributed by atoms with Gasteiger partial charge in [-0.1, -0.05) is 36.4 Å². The SMILES string of the molecule is COCCOc1ccc(-c2n[nH]c(=S)n2-c2cccc3ccccc23)c(O)c1. The van der Waals surface area contributed by atoms with Crippen LogP contribution in [0.1, 0.15) is 0 Å². The van der Waals surface area contributed by atoms with E-state index in [4.69, 9.17) is 21.7 Å². The number of ether oxygens (including phenoxy) is 2. The number of aromatic nitrogens is 3. The highest BCUT2D eigenvalue weighted by atomic mass is 32.1. The second-order valence-corrected chi connectivity index (χ2v) is 6.59. The van der Waals surface area contributed by atoms with E-state index in [0.717, 1.165) is 16.5 Å².